The SMILES string of the molecule is COc1ncccc1NC(=O)C1CC(=O)N(Cc2ccccn2)C1. The molecule has 1 atom stereocenters. The Bertz CT molecular complexity index is 736. The molecule has 2 amide bonds. The molecule has 2 aromatic rings. The highest BCUT2D eigenvalue weighted by molar-refractivity contribution is 5.97. The Morgan fingerprint density at radius 3 is 2.88 bits per heavy atom. The number of methoxy groups -OCH3 is 1. The average molecular weight is 326 g/mol. The van der Waals surface area contributed by atoms with E-state index in [0.717, 1.165) is 5.69 Å². The molecule has 0 saturated carbocycles. The molecule has 7 nitrogen and oxygen atoms in total. The lowest BCUT2D eigenvalue weighted by atomic mass is 10.1. The minimum Gasteiger partial charge on any atom is -0.480 e. The number of hydrogen-bond acceptors (Lipinski definition) is 5. The number of ether oxygens (including phenoxy) is 1. The third-order valence-corrected chi connectivity index (χ3v) is 3.89. The number of rotatable bonds is 5. The Morgan fingerprint density at radius 1 is 1.29 bits per heavy atom. The lowest BCUT2D eigenvalue weighted by Crippen LogP contribution is -2.28. The molecule has 0 aromatic carbocycles. The van der Waals surface area contributed by atoms with E-state index in [9.17, 15) is 9.59 Å². The first kappa shape index (κ1) is 15.9. The van der Waals surface area contributed by atoms with Gasteiger partial charge in [0.05, 0.1) is 25.3 Å². The topological polar surface area (TPSA) is 84.4 Å². The zero-order chi connectivity index (χ0) is 16.9. The first-order valence-electron chi connectivity index (χ1n) is 7.65. The van der Waals surface area contributed by atoms with Crippen molar-refractivity contribution in [1.29, 1.82) is 0 Å². The monoisotopic (exact) mass is 326 g/mol. The minimum absolute atomic E-state index is 0.0426. The molecule has 2 aromatic heterocycles. The first-order valence-corrected chi connectivity index (χ1v) is 7.65. The lowest BCUT2D eigenvalue weighted by molar-refractivity contribution is -0.128. The van der Waals surface area contributed by atoms with Crippen LogP contribution in [-0.2, 0) is 16.1 Å². The Balaban J connectivity index is 1.63. The summed E-state index contributed by atoms with van der Waals surface area (Å²) in [6, 6.07) is 8.99. The van der Waals surface area contributed by atoms with Crippen LogP contribution in [-0.4, -0.2) is 40.3 Å². The molecule has 7 heteroatoms. The van der Waals surface area contributed by atoms with Crippen LogP contribution in [0.2, 0.25) is 0 Å². The number of likely N-dealkylation sites (tertiary alicyclic amines) is 1. The molecule has 1 unspecified atom stereocenters. The van der Waals surface area contributed by atoms with Crippen molar-refractivity contribution >= 4 is 17.5 Å². The molecule has 0 radical (unpaired) electrons. The molecule has 0 aliphatic carbocycles. The van der Waals surface area contributed by atoms with Gasteiger partial charge in [-0.1, -0.05) is 6.07 Å². The van der Waals surface area contributed by atoms with Gasteiger partial charge in [0.1, 0.15) is 5.69 Å². The van der Waals surface area contributed by atoms with Crippen molar-refractivity contribution in [2.45, 2.75) is 13.0 Å². The third-order valence-electron chi connectivity index (χ3n) is 3.89. The van der Waals surface area contributed by atoms with Crippen LogP contribution in [0, 0.1) is 5.92 Å². The maximum Gasteiger partial charge on any atom is 0.237 e. The highest BCUT2D eigenvalue weighted by Crippen LogP contribution is 2.24. The van der Waals surface area contributed by atoms with Crippen LogP contribution in [0.3, 0.4) is 0 Å². The summed E-state index contributed by atoms with van der Waals surface area (Å²) in [5.74, 6) is -0.302. The second-order valence-electron chi connectivity index (χ2n) is 5.55. The summed E-state index contributed by atoms with van der Waals surface area (Å²) in [6.07, 6.45) is 3.47. The summed E-state index contributed by atoms with van der Waals surface area (Å²) in [6.45, 7) is 0.795. The summed E-state index contributed by atoms with van der Waals surface area (Å²) < 4.78 is 5.12. The van der Waals surface area contributed by atoms with Crippen LogP contribution in [0.15, 0.2) is 42.7 Å². The van der Waals surface area contributed by atoms with Gasteiger partial charge in [-0.2, -0.15) is 0 Å². The van der Waals surface area contributed by atoms with Gasteiger partial charge in [-0.05, 0) is 24.3 Å². The Hall–Kier alpha value is -2.96. The number of aromatic nitrogens is 2. The van der Waals surface area contributed by atoms with E-state index in [0.29, 0.717) is 24.7 Å². The van der Waals surface area contributed by atoms with Crippen LogP contribution >= 0.6 is 0 Å². The predicted molar refractivity (Wildman–Crippen MR) is 87.2 cm³/mol. The van der Waals surface area contributed by atoms with Crippen LogP contribution in [0.1, 0.15) is 12.1 Å². The van der Waals surface area contributed by atoms with Gasteiger partial charge in [0.2, 0.25) is 17.7 Å². The first-order chi connectivity index (χ1) is 11.7. The van der Waals surface area contributed by atoms with Gasteiger partial charge in [0.15, 0.2) is 0 Å². The van der Waals surface area contributed by atoms with Crippen LogP contribution in [0.25, 0.3) is 0 Å². The van der Waals surface area contributed by atoms with Crippen molar-refractivity contribution in [2.24, 2.45) is 5.92 Å². The van der Waals surface area contributed by atoms with Gasteiger partial charge in [0.25, 0.3) is 0 Å². The molecule has 1 N–H and O–H groups in total. The second kappa shape index (κ2) is 7.08. The highest BCUT2D eigenvalue weighted by Gasteiger charge is 2.34. The fraction of sp³-hybridized carbons (Fsp3) is 0.294. The third kappa shape index (κ3) is 3.51. The van der Waals surface area contributed by atoms with Crippen molar-refractivity contribution in [3.63, 3.8) is 0 Å². The van der Waals surface area contributed by atoms with Crippen LogP contribution < -0.4 is 10.1 Å². The van der Waals surface area contributed by atoms with Gasteiger partial charge >= 0.3 is 0 Å². The Labute approximate surface area is 139 Å². The fourth-order valence-electron chi connectivity index (χ4n) is 2.67. The Morgan fingerprint density at radius 2 is 2.12 bits per heavy atom. The molecule has 1 saturated heterocycles. The predicted octanol–water partition coefficient (Wildman–Crippen LogP) is 1.47. The van der Waals surface area contributed by atoms with E-state index in [-0.39, 0.29) is 18.2 Å². The van der Waals surface area contributed by atoms with E-state index in [1.807, 2.05) is 18.2 Å². The largest absolute Gasteiger partial charge is 0.480 e. The number of carbonyl (C=O) groups is 2. The summed E-state index contributed by atoms with van der Waals surface area (Å²) in [5, 5.41) is 2.79. The van der Waals surface area contributed by atoms with Crippen molar-refractivity contribution < 1.29 is 14.3 Å². The van der Waals surface area contributed by atoms with E-state index in [2.05, 4.69) is 15.3 Å². The molecule has 3 heterocycles. The lowest BCUT2D eigenvalue weighted by Gasteiger charge is -2.16. The van der Waals surface area contributed by atoms with Crippen molar-refractivity contribution in [2.75, 3.05) is 19.0 Å². The fourth-order valence-corrected chi connectivity index (χ4v) is 2.67. The zero-order valence-electron chi connectivity index (χ0n) is 13.3. The van der Waals surface area contributed by atoms with Crippen LogP contribution in [0.4, 0.5) is 5.69 Å². The summed E-state index contributed by atoms with van der Waals surface area (Å²) >= 11 is 0. The highest BCUT2D eigenvalue weighted by atomic mass is 16.5. The van der Waals surface area contributed by atoms with Gasteiger partial charge in [0, 0.05) is 25.4 Å². The van der Waals surface area contributed by atoms with E-state index in [1.54, 1.807) is 29.4 Å². The number of carbonyl (C=O) groups excluding carboxylic acids is 2. The summed E-state index contributed by atoms with van der Waals surface area (Å²) in [4.78, 5) is 34.5. The Kier molecular flexibility index (Phi) is 4.69. The minimum atomic E-state index is -0.397. The standard InChI is InChI=1S/C17H18N4O3/c1-24-17-14(6-4-8-19-17)20-16(23)12-9-15(22)21(10-12)11-13-5-2-3-7-18-13/h2-8,12H,9-11H2,1H3,(H,20,23). The van der Waals surface area contributed by atoms with Crippen molar-refractivity contribution in [3.05, 3.63) is 48.4 Å². The maximum atomic E-state index is 12.4. The normalized spacial score (nSPS) is 17.0. The van der Waals surface area contributed by atoms with E-state index >= 15 is 0 Å². The smallest absolute Gasteiger partial charge is 0.237 e. The zero-order valence-corrected chi connectivity index (χ0v) is 13.3. The number of pyridine rings is 2. The molecule has 24 heavy (non-hydrogen) atoms. The van der Waals surface area contributed by atoms with Gasteiger partial charge < -0.3 is 15.0 Å². The summed E-state index contributed by atoms with van der Waals surface area (Å²) in [5.41, 5.74) is 1.31. The molecule has 1 aliphatic heterocycles. The average Bonchev–Trinajstić information content (AvgIpc) is 2.97. The van der Waals surface area contributed by atoms with Gasteiger partial charge in [-0.25, -0.2) is 4.98 Å². The maximum absolute atomic E-state index is 12.4. The second-order valence-corrected chi connectivity index (χ2v) is 5.55. The molecular formula is C17H18N4O3. The molecule has 124 valence electrons. The van der Waals surface area contributed by atoms with Gasteiger partial charge in [-0.15, -0.1) is 0 Å². The van der Waals surface area contributed by atoms with E-state index in [4.69, 9.17) is 4.74 Å². The number of anilines is 1. The molecule has 3 rings (SSSR count). The van der Waals surface area contributed by atoms with Gasteiger partial charge in [-0.3, -0.25) is 14.6 Å². The molecule has 1 aliphatic rings. The molecular weight excluding hydrogens is 308 g/mol. The summed E-state index contributed by atoms with van der Waals surface area (Å²) in [7, 11) is 1.49. The number of amides is 2. The number of hydrogen-bond donors (Lipinski definition) is 1. The number of nitrogens with one attached hydrogen (secondary N) is 1. The quantitative estimate of drug-likeness (QED) is 0.899. The molecule has 1 fully saturated rings. The van der Waals surface area contributed by atoms with E-state index < -0.39 is 5.92 Å². The van der Waals surface area contributed by atoms with Crippen molar-refractivity contribution in [1.82, 2.24) is 14.9 Å². The van der Waals surface area contributed by atoms with E-state index in [1.165, 1.54) is 7.11 Å². The number of nitrogens with zero attached hydrogens (tertiary/aromatic N) is 3. The molecule has 0 bridgehead atoms. The molecule has 0 spiro atoms. The van der Waals surface area contributed by atoms with Crippen LogP contribution in [0.5, 0.6) is 5.88 Å². The van der Waals surface area contributed by atoms with Crippen molar-refractivity contribution in [3.8, 4) is 5.88 Å².